The molecule has 1 aliphatic heterocycles. The summed E-state index contributed by atoms with van der Waals surface area (Å²) in [7, 11) is 1.33. The van der Waals surface area contributed by atoms with E-state index in [1.54, 1.807) is 23.6 Å². The van der Waals surface area contributed by atoms with Gasteiger partial charge >= 0.3 is 5.97 Å². The number of aromatic nitrogens is 1. The number of halogens is 2. The quantitative estimate of drug-likeness (QED) is 0.307. The number of ether oxygens (including phenoxy) is 2. The number of methoxy groups -OCH3 is 1. The molecule has 2 heterocycles. The highest BCUT2D eigenvalue weighted by Gasteiger charge is 2.32. The van der Waals surface area contributed by atoms with Crippen LogP contribution in [0.3, 0.4) is 0 Å². The third-order valence-electron chi connectivity index (χ3n) is 5.21. The molecule has 1 aliphatic rings. The average molecular weight is 604 g/mol. The first kappa shape index (κ1) is 24.4. The number of allylic oxidation sites excluding steroid dienone is 1. The van der Waals surface area contributed by atoms with Crippen molar-refractivity contribution in [1.82, 2.24) is 4.57 Å². The Morgan fingerprint density at radius 2 is 1.91 bits per heavy atom. The van der Waals surface area contributed by atoms with Crippen molar-refractivity contribution in [3.05, 3.63) is 106 Å². The van der Waals surface area contributed by atoms with E-state index in [1.807, 2.05) is 42.5 Å². The molecule has 6 nitrogen and oxygen atoms in total. The molecule has 174 valence electrons. The van der Waals surface area contributed by atoms with Crippen molar-refractivity contribution in [3.8, 4) is 5.75 Å². The van der Waals surface area contributed by atoms with Gasteiger partial charge in [0.15, 0.2) is 4.80 Å². The lowest BCUT2D eigenvalue weighted by Crippen LogP contribution is -2.39. The molecule has 0 unspecified atom stereocenters. The molecule has 1 aromatic heterocycles. The predicted octanol–water partition coefficient (Wildman–Crippen LogP) is 4.50. The van der Waals surface area contributed by atoms with Crippen LogP contribution in [0.4, 0.5) is 0 Å². The van der Waals surface area contributed by atoms with E-state index in [-0.39, 0.29) is 5.56 Å². The minimum Gasteiger partial charge on any atom is -0.487 e. The molecule has 0 saturated heterocycles. The zero-order chi connectivity index (χ0) is 24.4. The van der Waals surface area contributed by atoms with Crippen LogP contribution < -0.4 is 19.6 Å². The number of benzene rings is 2. The lowest BCUT2D eigenvalue weighted by Gasteiger charge is -2.24. The summed E-state index contributed by atoms with van der Waals surface area (Å²) in [5.41, 5.74) is 2.25. The minimum absolute atomic E-state index is 0.231. The number of hydrogen-bond donors (Lipinski definition) is 0. The van der Waals surface area contributed by atoms with Crippen molar-refractivity contribution in [1.29, 1.82) is 0 Å². The summed E-state index contributed by atoms with van der Waals surface area (Å²) < 4.78 is 14.3. The molecule has 2 aromatic carbocycles. The molecule has 1 atom stereocenters. The van der Waals surface area contributed by atoms with Gasteiger partial charge < -0.3 is 9.47 Å². The Hall–Kier alpha value is -2.75. The van der Waals surface area contributed by atoms with Gasteiger partial charge in [-0.15, -0.1) is 0 Å². The van der Waals surface area contributed by atoms with E-state index in [0.717, 1.165) is 20.1 Å². The first-order valence-corrected chi connectivity index (χ1v) is 12.6. The van der Waals surface area contributed by atoms with Crippen molar-refractivity contribution in [2.75, 3.05) is 13.7 Å². The molecule has 0 bridgehead atoms. The second-order valence-corrected chi connectivity index (χ2v) is 10.1. The van der Waals surface area contributed by atoms with E-state index < -0.39 is 12.0 Å². The summed E-state index contributed by atoms with van der Waals surface area (Å²) in [6.45, 7) is 5.80. The van der Waals surface area contributed by atoms with Crippen LogP contribution >= 0.6 is 43.2 Å². The average Bonchev–Trinajstić information content (AvgIpc) is 3.12. The second-order valence-electron chi connectivity index (χ2n) is 7.40. The van der Waals surface area contributed by atoms with Gasteiger partial charge in [-0.1, -0.05) is 54.3 Å². The van der Waals surface area contributed by atoms with Crippen molar-refractivity contribution in [2.24, 2.45) is 4.99 Å². The van der Waals surface area contributed by atoms with Crippen LogP contribution in [0.25, 0.3) is 6.08 Å². The fourth-order valence-electron chi connectivity index (χ4n) is 3.74. The number of thiazole rings is 1. The Morgan fingerprint density at radius 3 is 2.53 bits per heavy atom. The Bertz CT molecular complexity index is 1470. The molecule has 4 rings (SSSR count). The standard InChI is InChI=1S/C25H20Br2N2O4S/c1-4-10-33-22-17(26)11-15(12-18(22)27)13-19-23(30)29-21(16-8-6-5-7-9-16)20(24(31)32-3)14(2)28-25(29)34-19/h4-9,11-13,21H,1,10H2,2-3H3/b19-13-/t21-/m1/s1. The molecule has 0 aliphatic carbocycles. The number of esters is 1. The third kappa shape index (κ3) is 4.60. The van der Waals surface area contributed by atoms with Crippen LogP contribution in [-0.2, 0) is 9.53 Å². The normalized spacial score (nSPS) is 15.5. The fraction of sp³-hybridized carbons (Fsp3) is 0.160. The molecule has 0 radical (unpaired) electrons. The van der Waals surface area contributed by atoms with Gasteiger partial charge in [0.1, 0.15) is 12.4 Å². The molecular formula is C25H20Br2N2O4S. The molecule has 0 fully saturated rings. The lowest BCUT2D eigenvalue weighted by molar-refractivity contribution is -0.136. The highest BCUT2D eigenvalue weighted by molar-refractivity contribution is 9.11. The first-order chi connectivity index (χ1) is 16.3. The third-order valence-corrected chi connectivity index (χ3v) is 7.37. The highest BCUT2D eigenvalue weighted by atomic mass is 79.9. The molecule has 0 spiro atoms. The molecule has 0 N–H and O–H groups in total. The van der Waals surface area contributed by atoms with Crippen LogP contribution in [0.2, 0.25) is 0 Å². The Kier molecular flexibility index (Phi) is 7.35. The second kappa shape index (κ2) is 10.2. The van der Waals surface area contributed by atoms with Gasteiger partial charge in [0.05, 0.1) is 37.9 Å². The number of nitrogens with zero attached hydrogens (tertiary/aromatic N) is 2. The smallest absolute Gasteiger partial charge is 0.338 e. The van der Waals surface area contributed by atoms with E-state index in [4.69, 9.17) is 9.47 Å². The van der Waals surface area contributed by atoms with Crippen LogP contribution in [-0.4, -0.2) is 24.3 Å². The van der Waals surface area contributed by atoms with Crippen molar-refractivity contribution in [2.45, 2.75) is 13.0 Å². The van der Waals surface area contributed by atoms with E-state index in [9.17, 15) is 9.59 Å². The van der Waals surface area contributed by atoms with Gasteiger partial charge in [-0.25, -0.2) is 9.79 Å². The Labute approximate surface area is 216 Å². The maximum absolute atomic E-state index is 13.6. The van der Waals surface area contributed by atoms with Gasteiger partial charge in [0.25, 0.3) is 5.56 Å². The van der Waals surface area contributed by atoms with E-state index in [2.05, 4.69) is 43.4 Å². The number of fused-ring (bicyclic) bond motifs is 1. The molecule has 9 heteroatoms. The fourth-order valence-corrected chi connectivity index (χ4v) is 6.24. The molecule has 3 aromatic rings. The molecule has 0 saturated carbocycles. The lowest BCUT2D eigenvalue weighted by atomic mass is 9.96. The van der Waals surface area contributed by atoms with Crippen molar-refractivity contribution < 1.29 is 14.3 Å². The van der Waals surface area contributed by atoms with E-state index in [1.165, 1.54) is 18.4 Å². The van der Waals surface area contributed by atoms with Gasteiger partial charge in [-0.05, 0) is 68.1 Å². The number of carbonyl (C=O) groups excluding carboxylic acids is 1. The molecule has 0 amide bonds. The van der Waals surface area contributed by atoms with Crippen molar-refractivity contribution in [3.63, 3.8) is 0 Å². The maximum atomic E-state index is 13.6. The van der Waals surface area contributed by atoms with Crippen molar-refractivity contribution >= 4 is 55.2 Å². The van der Waals surface area contributed by atoms with Gasteiger partial charge in [-0.2, -0.15) is 0 Å². The Morgan fingerprint density at radius 1 is 1.24 bits per heavy atom. The topological polar surface area (TPSA) is 69.9 Å². The number of hydrogen-bond acceptors (Lipinski definition) is 6. The number of carbonyl (C=O) groups is 1. The minimum atomic E-state index is -0.625. The first-order valence-electron chi connectivity index (χ1n) is 10.2. The summed E-state index contributed by atoms with van der Waals surface area (Å²) in [6, 6.07) is 12.5. The SMILES string of the molecule is C=CCOc1c(Br)cc(/C=c2\sc3n(c2=O)[C@H](c2ccccc2)C(C(=O)OC)=C(C)N=3)cc1Br. The summed E-state index contributed by atoms with van der Waals surface area (Å²) in [6.07, 6.45) is 3.47. The Balaban J connectivity index is 1.89. The number of rotatable bonds is 6. The molecule has 34 heavy (non-hydrogen) atoms. The zero-order valence-electron chi connectivity index (χ0n) is 18.4. The van der Waals surface area contributed by atoms with Crippen LogP contribution in [0.5, 0.6) is 5.75 Å². The van der Waals surface area contributed by atoms with E-state index >= 15 is 0 Å². The van der Waals surface area contributed by atoms with Gasteiger partial charge in [0.2, 0.25) is 0 Å². The molecular weight excluding hydrogens is 584 g/mol. The summed E-state index contributed by atoms with van der Waals surface area (Å²) >= 11 is 8.34. The largest absolute Gasteiger partial charge is 0.487 e. The zero-order valence-corrected chi connectivity index (χ0v) is 22.4. The van der Waals surface area contributed by atoms with E-state index in [0.29, 0.717) is 33.0 Å². The predicted molar refractivity (Wildman–Crippen MR) is 140 cm³/mol. The van der Waals surface area contributed by atoms with Crippen LogP contribution in [0.15, 0.2) is 85.1 Å². The maximum Gasteiger partial charge on any atom is 0.338 e. The summed E-state index contributed by atoms with van der Waals surface area (Å²) in [5, 5.41) is 0. The highest BCUT2D eigenvalue weighted by Crippen LogP contribution is 2.35. The summed E-state index contributed by atoms with van der Waals surface area (Å²) in [5.74, 6) is 0.147. The van der Waals surface area contributed by atoms with Gasteiger partial charge in [-0.3, -0.25) is 9.36 Å². The van der Waals surface area contributed by atoms with Crippen LogP contribution in [0.1, 0.15) is 24.1 Å². The summed E-state index contributed by atoms with van der Waals surface area (Å²) in [4.78, 5) is 31.4. The van der Waals surface area contributed by atoms with Crippen LogP contribution in [0, 0.1) is 0 Å². The monoisotopic (exact) mass is 602 g/mol. The van der Waals surface area contributed by atoms with Gasteiger partial charge in [0, 0.05) is 0 Å².